The van der Waals surface area contributed by atoms with E-state index in [0.29, 0.717) is 23.4 Å². The van der Waals surface area contributed by atoms with Crippen LogP contribution in [-0.2, 0) is 16.5 Å². The largest absolute Gasteiger partial charge is 0.462 e. The van der Waals surface area contributed by atoms with Crippen LogP contribution in [0, 0.1) is 0 Å². The first-order chi connectivity index (χ1) is 21.3. The second-order valence-electron chi connectivity index (χ2n) is 11.2. The minimum atomic E-state index is -2.74. The van der Waals surface area contributed by atoms with E-state index in [1.165, 1.54) is 11.1 Å². The number of nitrogens with zero attached hydrogens (tertiary/aromatic N) is 4. The fraction of sp³-hybridized carbons (Fsp3) is 0.257. The van der Waals surface area contributed by atoms with Crippen molar-refractivity contribution in [2.75, 3.05) is 56.5 Å². The van der Waals surface area contributed by atoms with Gasteiger partial charge in [-0.2, -0.15) is 0 Å². The predicted octanol–water partition coefficient (Wildman–Crippen LogP) is 5.93. The Bertz CT molecular complexity index is 1650. The van der Waals surface area contributed by atoms with Crippen LogP contribution in [0.3, 0.4) is 0 Å². The van der Waals surface area contributed by atoms with Gasteiger partial charge in [-0.1, -0.05) is 72.5 Å². The summed E-state index contributed by atoms with van der Waals surface area (Å²) >= 11 is 6.67. The minimum absolute atomic E-state index is 0.0928. The quantitative estimate of drug-likeness (QED) is 0.178. The van der Waals surface area contributed by atoms with E-state index in [4.69, 9.17) is 16.5 Å². The highest BCUT2D eigenvalue weighted by Crippen LogP contribution is 2.60. The van der Waals surface area contributed by atoms with E-state index < -0.39 is 6.34 Å². The molecule has 2 heterocycles. The minimum Gasteiger partial charge on any atom is -0.462 e. The van der Waals surface area contributed by atoms with Crippen LogP contribution in [0.25, 0.3) is 0 Å². The molecule has 44 heavy (non-hydrogen) atoms. The van der Waals surface area contributed by atoms with E-state index in [1.807, 2.05) is 41.9 Å². The van der Waals surface area contributed by atoms with E-state index in [-0.39, 0.29) is 17.9 Å². The van der Waals surface area contributed by atoms with Crippen molar-refractivity contribution < 1.29 is 14.3 Å². The van der Waals surface area contributed by atoms with Crippen molar-refractivity contribution in [3.8, 4) is 0 Å². The van der Waals surface area contributed by atoms with Crippen LogP contribution >= 0.6 is 6.34 Å². The predicted molar refractivity (Wildman–Crippen MR) is 182 cm³/mol. The summed E-state index contributed by atoms with van der Waals surface area (Å²) in [6.07, 6.45) is -2.74. The van der Waals surface area contributed by atoms with Gasteiger partial charge in [0.2, 0.25) is 0 Å². The van der Waals surface area contributed by atoms with Crippen molar-refractivity contribution in [2.24, 2.45) is 0 Å². The lowest BCUT2D eigenvalue weighted by atomic mass is 9.96. The molecule has 0 radical (unpaired) electrons. The zero-order valence-electron chi connectivity index (χ0n) is 25.3. The second kappa shape index (κ2) is 12.7. The molecule has 0 bridgehead atoms. The molecular weight excluding hydrogens is 587 g/mol. The second-order valence-corrected chi connectivity index (χ2v) is 15.3. The SMILES string of the molecule is CCOC(=O)c1ccc(N2C(=O)c3cc(N(C)C)ccc3P2(=S)N2CCN(C(c3ccccc3)c3ccccc3)CC2)cc1. The highest BCUT2D eigenvalue weighted by atomic mass is 32.4. The highest BCUT2D eigenvalue weighted by Gasteiger charge is 2.48. The molecule has 0 aromatic heterocycles. The van der Waals surface area contributed by atoms with Gasteiger partial charge < -0.3 is 9.64 Å². The Balaban J connectivity index is 1.35. The van der Waals surface area contributed by atoms with E-state index in [2.05, 4.69) is 82.4 Å². The monoisotopic (exact) mass is 624 g/mol. The van der Waals surface area contributed by atoms with Gasteiger partial charge in [0.05, 0.1) is 29.5 Å². The Morgan fingerprint density at radius 1 is 0.864 bits per heavy atom. The molecule has 1 amide bonds. The molecule has 4 aromatic rings. The number of anilines is 2. The van der Waals surface area contributed by atoms with Crippen molar-refractivity contribution in [1.82, 2.24) is 9.57 Å². The smallest absolute Gasteiger partial charge is 0.338 e. The zero-order chi connectivity index (χ0) is 30.8. The molecule has 6 rings (SSSR count). The molecule has 0 aliphatic carbocycles. The van der Waals surface area contributed by atoms with Gasteiger partial charge in [-0.15, -0.1) is 0 Å². The standard InChI is InChI=1S/C35H37N4O3PS/c1-4-42-35(41)28-15-17-29(18-16-28)39-34(40)31-25-30(36(2)3)19-20-32(31)43(39,44)38-23-21-37(22-24-38)33(26-11-7-5-8-12-26)27-13-9-6-10-14-27/h5-20,25,33H,4,21-24H2,1-3H3. The van der Waals surface area contributed by atoms with Gasteiger partial charge in [-0.05, 0) is 60.5 Å². The molecule has 0 N–H and O–H groups in total. The van der Waals surface area contributed by atoms with Crippen LogP contribution in [0.4, 0.5) is 11.4 Å². The van der Waals surface area contributed by atoms with Crippen LogP contribution in [0.2, 0.25) is 0 Å². The summed E-state index contributed by atoms with van der Waals surface area (Å²) in [6.45, 7) is 5.16. The molecule has 7 nitrogen and oxygen atoms in total. The number of benzene rings is 4. The summed E-state index contributed by atoms with van der Waals surface area (Å²) in [5.41, 5.74) is 5.28. The van der Waals surface area contributed by atoms with Crippen LogP contribution in [0.15, 0.2) is 103 Å². The Kier molecular flexibility index (Phi) is 8.70. The summed E-state index contributed by atoms with van der Waals surface area (Å²) in [5, 5.41) is 0.925. The number of carbonyl (C=O) groups is 2. The normalized spacial score (nSPS) is 18.8. The van der Waals surface area contributed by atoms with Crippen LogP contribution in [-0.4, -0.2) is 68.3 Å². The first-order valence-electron chi connectivity index (χ1n) is 15.0. The highest BCUT2D eigenvalue weighted by molar-refractivity contribution is 8.18. The van der Waals surface area contributed by atoms with Crippen LogP contribution in [0.5, 0.6) is 0 Å². The van der Waals surface area contributed by atoms with Gasteiger partial charge in [-0.3, -0.25) is 19.0 Å². The number of esters is 1. The number of carbonyl (C=O) groups excluding carboxylic acids is 2. The molecule has 1 atom stereocenters. The molecular formula is C35H37N4O3PS. The van der Waals surface area contributed by atoms with Gasteiger partial charge in [0.25, 0.3) is 5.91 Å². The van der Waals surface area contributed by atoms with E-state index in [0.717, 1.165) is 37.2 Å². The third kappa shape index (κ3) is 5.48. The number of ether oxygens (including phenoxy) is 1. The number of hydrogen-bond acceptors (Lipinski definition) is 6. The molecule has 0 saturated carbocycles. The van der Waals surface area contributed by atoms with E-state index in [9.17, 15) is 9.59 Å². The summed E-state index contributed by atoms with van der Waals surface area (Å²) < 4.78 is 9.38. The average molecular weight is 625 g/mol. The molecule has 2 aliphatic rings. The third-order valence-corrected chi connectivity index (χ3v) is 13.3. The Hall–Kier alpha value is -3.81. The van der Waals surface area contributed by atoms with Gasteiger partial charge >= 0.3 is 5.97 Å². The summed E-state index contributed by atoms with van der Waals surface area (Å²) in [4.78, 5) is 31.1. The zero-order valence-corrected chi connectivity index (χ0v) is 27.0. The molecule has 2 aliphatic heterocycles. The Labute approximate surface area is 264 Å². The summed E-state index contributed by atoms with van der Waals surface area (Å²) in [6, 6.07) is 34.6. The Morgan fingerprint density at radius 3 is 2.00 bits per heavy atom. The lowest BCUT2D eigenvalue weighted by molar-refractivity contribution is 0.0526. The first-order valence-corrected chi connectivity index (χ1v) is 17.7. The summed E-state index contributed by atoms with van der Waals surface area (Å²) in [7, 11) is 3.94. The van der Waals surface area contributed by atoms with Crippen molar-refractivity contribution >= 4 is 46.7 Å². The maximum absolute atomic E-state index is 14.2. The number of piperazine rings is 1. The number of rotatable bonds is 8. The molecule has 1 unspecified atom stereocenters. The molecule has 9 heteroatoms. The lowest BCUT2D eigenvalue weighted by Gasteiger charge is -2.45. The van der Waals surface area contributed by atoms with Gasteiger partial charge in [-0.25, -0.2) is 4.79 Å². The fourth-order valence-corrected chi connectivity index (χ4v) is 10.7. The van der Waals surface area contributed by atoms with E-state index in [1.54, 1.807) is 19.1 Å². The number of fused-ring (bicyclic) bond motifs is 1. The molecule has 1 fully saturated rings. The lowest BCUT2D eigenvalue weighted by Crippen LogP contribution is -2.49. The molecule has 0 spiro atoms. The molecule has 226 valence electrons. The number of amides is 1. The van der Waals surface area contributed by atoms with Gasteiger partial charge in [0, 0.05) is 51.3 Å². The fourth-order valence-electron chi connectivity index (χ4n) is 6.20. The maximum Gasteiger partial charge on any atom is 0.338 e. The van der Waals surface area contributed by atoms with E-state index >= 15 is 0 Å². The molecule has 1 saturated heterocycles. The van der Waals surface area contributed by atoms with Crippen LogP contribution in [0.1, 0.15) is 44.8 Å². The van der Waals surface area contributed by atoms with Crippen LogP contribution < -0.4 is 14.9 Å². The van der Waals surface area contributed by atoms with Crippen molar-refractivity contribution in [1.29, 1.82) is 0 Å². The van der Waals surface area contributed by atoms with Crippen molar-refractivity contribution in [3.05, 3.63) is 125 Å². The number of hydrogen-bond donors (Lipinski definition) is 0. The van der Waals surface area contributed by atoms with Crippen molar-refractivity contribution in [3.63, 3.8) is 0 Å². The molecule has 4 aromatic carbocycles. The topological polar surface area (TPSA) is 56.3 Å². The first kappa shape index (κ1) is 30.2. The van der Waals surface area contributed by atoms with Gasteiger partial charge in [0.15, 0.2) is 0 Å². The van der Waals surface area contributed by atoms with Gasteiger partial charge in [0.1, 0.15) is 6.34 Å². The van der Waals surface area contributed by atoms with Crippen molar-refractivity contribution in [2.45, 2.75) is 13.0 Å². The Morgan fingerprint density at radius 2 is 1.45 bits per heavy atom. The maximum atomic E-state index is 14.2. The summed E-state index contributed by atoms with van der Waals surface area (Å²) in [5.74, 6) is -0.475. The average Bonchev–Trinajstić information content (AvgIpc) is 3.29. The third-order valence-electron chi connectivity index (χ3n) is 8.40.